The second kappa shape index (κ2) is 3.77. The summed E-state index contributed by atoms with van der Waals surface area (Å²) >= 11 is 0. The number of nitrogens with two attached hydrogens (primary N) is 1. The molecule has 0 amide bonds. The number of nitrogen functional groups attached to an aromatic ring is 1. The number of anilines is 1. The maximum atomic E-state index is 6.20. The predicted octanol–water partition coefficient (Wildman–Crippen LogP) is 1.66. The highest BCUT2D eigenvalue weighted by molar-refractivity contribution is 5.42. The van der Waals surface area contributed by atoms with Gasteiger partial charge in [-0.3, -0.25) is 0 Å². The highest BCUT2D eigenvalue weighted by Gasteiger charge is 2.29. The Hall–Kier alpha value is -1.03. The van der Waals surface area contributed by atoms with Gasteiger partial charge in [0.1, 0.15) is 5.82 Å². The zero-order valence-corrected chi connectivity index (χ0v) is 9.82. The molecule has 0 aromatic carbocycles. The van der Waals surface area contributed by atoms with E-state index in [9.17, 15) is 0 Å². The predicted molar refractivity (Wildman–Crippen MR) is 64.4 cm³/mol. The molecule has 3 rings (SSSR count). The Labute approximate surface area is 96.2 Å². The maximum absolute atomic E-state index is 6.20. The smallest absolute Gasteiger partial charge is 0.125 e. The first-order chi connectivity index (χ1) is 7.75. The summed E-state index contributed by atoms with van der Waals surface area (Å²) in [5.74, 6) is 1.52. The monoisotopic (exact) mass is 220 g/mol. The zero-order valence-electron chi connectivity index (χ0n) is 9.82. The van der Waals surface area contributed by atoms with Gasteiger partial charge < -0.3 is 11.1 Å². The van der Waals surface area contributed by atoms with Crippen molar-refractivity contribution in [2.24, 2.45) is 0 Å². The quantitative estimate of drug-likeness (QED) is 0.797. The molecule has 16 heavy (non-hydrogen) atoms. The van der Waals surface area contributed by atoms with E-state index in [4.69, 9.17) is 5.73 Å². The first kappa shape index (κ1) is 10.1. The summed E-state index contributed by atoms with van der Waals surface area (Å²) in [7, 11) is 0. The van der Waals surface area contributed by atoms with Crippen molar-refractivity contribution in [3.8, 4) is 0 Å². The van der Waals surface area contributed by atoms with E-state index in [1.165, 1.54) is 31.2 Å². The lowest BCUT2D eigenvalue weighted by atomic mass is 9.88. The molecule has 0 spiro atoms. The van der Waals surface area contributed by atoms with Crippen LogP contribution in [0.3, 0.4) is 0 Å². The van der Waals surface area contributed by atoms with Gasteiger partial charge in [0, 0.05) is 11.6 Å². The Bertz CT molecular complexity index is 380. The van der Waals surface area contributed by atoms with E-state index < -0.39 is 0 Å². The molecule has 88 valence electrons. The molecular formula is C12H20N4. The molecule has 2 heterocycles. The molecule has 0 radical (unpaired) electrons. The molecule has 2 atom stereocenters. The minimum Gasteiger partial charge on any atom is -0.384 e. The Morgan fingerprint density at radius 2 is 2.25 bits per heavy atom. The largest absolute Gasteiger partial charge is 0.384 e. The second-order valence-corrected chi connectivity index (χ2v) is 5.24. The number of hydrogen-bond donors (Lipinski definition) is 2. The number of rotatable bonds is 2. The van der Waals surface area contributed by atoms with Crippen molar-refractivity contribution in [3.05, 3.63) is 11.8 Å². The average molecular weight is 220 g/mol. The Morgan fingerprint density at radius 3 is 2.94 bits per heavy atom. The van der Waals surface area contributed by atoms with Gasteiger partial charge in [-0.15, -0.1) is 0 Å². The third kappa shape index (κ3) is 1.71. The van der Waals surface area contributed by atoms with Crippen LogP contribution in [0.15, 0.2) is 6.20 Å². The van der Waals surface area contributed by atoms with Crippen LogP contribution in [-0.2, 0) is 0 Å². The van der Waals surface area contributed by atoms with Crippen molar-refractivity contribution in [1.82, 2.24) is 15.1 Å². The molecule has 2 fully saturated rings. The van der Waals surface area contributed by atoms with E-state index in [1.54, 1.807) is 0 Å². The third-order valence-electron chi connectivity index (χ3n) is 3.82. The summed E-state index contributed by atoms with van der Waals surface area (Å²) < 4.78 is 2.03. The van der Waals surface area contributed by atoms with Crippen molar-refractivity contribution in [2.75, 3.05) is 12.3 Å². The van der Waals surface area contributed by atoms with Crippen LogP contribution in [0.5, 0.6) is 0 Å². The molecule has 4 heteroatoms. The molecular weight excluding hydrogens is 200 g/mol. The molecule has 3 N–H and O–H groups in total. The Kier molecular flexibility index (Phi) is 2.39. The van der Waals surface area contributed by atoms with Crippen LogP contribution in [0, 0.1) is 0 Å². The van der Waals surface area contributed by atoms with E-state index in [0.29, 0.717) is 18.0 Å². The summed E-state index contributed by atoms with van der Waals surface area (Å²) in [6.45, 7) is 3.34. The van der Waals surface area contributed by atoms with Gasteiger partial charge in [-0.25, -0.2) is 4.68 Å². The minimum atomic E-state index is 0.591. The zero-order chi connectivity index (χ0) is 11.1. The van der Waals surface area contributed by atoms with Crippen molar-refractivity contribution in [1.29, 1.82) is 0 Å². The summed E-state index contributed by atoms with van der Waals surface area (Å²) in [5.41, 5.74) is 7.48. The van der Waals surface area contributed by atoms with Crippen LogP contribution in [0.2, 0.25) is 0 Å². The number of nitrogens with zero attached hydrogens (tertiary/aromatic N) is 2. The minimum absolute atomic E-state index is 0.591. The van der Waals surface area contributed by atoms with E-state index >= 15 is 0 Å². The van der Waals surface area contributed by atoms with Crippen molar-refractivity contribution in [2.45, 2.75) is 50.6 Å². The van der Waals surface area contributed by atoms with Crippen LogP contribution in [0.1, 0.15) is 50.1 Å². The second-order valence-electron chi connectivity index (χ2n) is 5.24. The summed E-state index contributed by atoms with van der Waals surface area (Å²) in [5, 5.41) is 7.92. The third-order valence-corrected chi connectivity index (χ3v) is 3.82. The Morgan fingerprint density at radius 1 is 1.44 bits per heavy atom. The van der Waals surface area contributed by atoms with E-state index in [2.05, 4.69) is 17.3 Å². The first-order valence-corrected chi connectivity index (χ1v) is 6.32. The van der Waals surface area contributed by atoms with Crippen LogP contribution >= 0.6 is 0 Å². The highest BCUT2D eigenvalue weighted by atomic mass is 15.3. The van der Waals surface area contributed by atoms with Crippen molar-refractivity contribution in [3.63, 3.8) is 0 Å². The molecule has 2 aliphatic rings. The van der Waals surface area contributed by atoms with Gasteiger partial charge in [0.15, 0.2) is 0 Å². The van der Waals surface area contributed by atoms with Crippen molar-refractivity contribution < 1.29 is 0 Å². The molecule has 1 saturated heterocycles. The number of piperidine rings is 1. The molecule has 2 unspecified atom stereocenters. The fraction of sp³-hybridized carbons (Fsp3) is 0.750. The summed E-state index contributed by atoms with van der Waals surface area (Å²) in [6.07, 6.45) is 6.85. The molecule has 1 saturated carbocycles. The highest BCUT2D eigenvalue weighted by Crippen LogP contribution is 2.39. The lowest BCUT2D eigenvalue weighted by Crippen LogP contribution is -2.35. The van der Waals surface area contributed by atoms with Gasteiger partial charge in [-0.2, -0.15) is 5.10 Å². The lowest BCUT2D eigenvalue weighted by Gasteiger charge is -2.27. The lowest BCUT2D eigenvalue weighted by molar-refractivity contribution is 0.382. The fourth-order valence-electron chi connectivity index (χ4n) is 2.72. The van der Waals surface area contributed by atoms with Gasteiger partial charge in [0.2, 0.25) is 0 Å². The molecule has 4 nitrogen and oxygen atoms in total. The van der Waals surface area contributed by atoms with Crippen LogP contribution < -0.4 is 11.1 Å². The summed E-state index contributed by atoms with van der Waals surface area (Å²) in [4.78, 5) is 0. The van der Waals surface area contributed by atoms with Crippen LogP contribution in [0.4, 0.5) is 5.82 Å². The van der Waals surface area contributed by atoms with Gasteiger partial charge in [0.25, 0.3) is 0 Å². The molecule has 1 aliphatic carbocycles. The van der Waals surface area contributed by atoms with Crippen LogP contribution in [0.25, 0.3) is 0 Å². The average Bonchev–Trinajstić information content (AvgIpc) is 3.03. The van der Waals surface area contributed by atoms with Gasteiger partial charge in [-0.05, 0) is 45.1 Å². The molecule has 1 aromatic heterocycles. The first-order valence-electron chi connectivity index (χ1n) is 6.32. The standard InChI is InChI=1S/C12H20N4/c1-8-6-9(4-5-14-8)11-7-15-16(12(11)13)10-2-3-10/h7-10,14H,2-6,13H2,1H3. The van der Waals surface area contributed by atoms with Crippen molar-refractivity contribution >= 4 is 5.82 Å². The topological polar surface area (TPSA) is 55.9 Å². The molecule has 0 bridgehead atoms. The molecule has 1 aliphatic heterocycles. The number of aromatic nitrogens is 2. The maximum Gasteiger partial charge on any atom is 0.125 e. The SMILES string of the molecule is CC1CC(c2cnn(C3CC3)c2N)CCN1. The van der Waals surface area contributed by atoms with Crippen LogP contribution in [-0.4, -0.2) is 22.4 Å². The fourth-order valence-corrected chi connectivity index (χ4v) is 2.72. The number of nitrogens with one attached hydrogen (secondary N) is 1. The Balaban J connectivity index is 1.82. The summed E-state index contributed by atoms with van der Waals surface area (Å²) in [6, 6.07) is 1.19. The van der Waals surface area contributed by atoms with E-state index in [1.807, 2.05) is 10.9 Å². The number of hydrogen-bond acceptors (Lipinski definition) is 3. The van der Waals surface area contributed by atoms with Gasteiger partial charge in [-0.1, -0.05) is 0 Å². The molecule has 1 aromatic rings. The van der Waals surface area contributed by atoms with Gasteiger partial charge in [0.05, 0.1) is 12.2 Å². The van der Waals surface area contributed by atoms with E-state index in [-0.39, 0.29) is 0 Å². The van der Waals surface area contributed by atoms with Gasteiger partial charge >= 0.3 is 0 Å². The normalized spacial score (nSPS) is 30.6. The van der Waals surface area contributed by atoms with E-state index in [0.717, 1.165) is 12.4 Å².